The fraction of sp³-hybridized carbons (Fsp3) is 0.526. The van der Waals surface area contributed by atoms with Gasteiger partial charge in [-0.15, -0.1) is 0 Å². The van der Waals surface area contributed by atoms with Crippen molar-refractivity contribution in [1.82, 2.24) is 19.9 Å². The summed E-state index contributed by atoms with van der Waals surface area (Å²) in [7, 11) is 0. The molecule has 0 aromatic carbocycles. The fourth-order valence-corrected chi connectivity index (χ4v) is 3.36. The Balaban J connectivity index is 1.61. The van der Waals surface area contributed by atoms with Crippen LogP contribution >= 0.6 is 0 Å². The third-order valence-electron chi connectivity index (χ3n) is 4.65. The molecule has 1 aliphatic rings. The minimum absolute atomic E-state index is 0.644. The molecule has 0 bridgehead atoms. The summed E-state index contributed by atoms with van der Waals surface area (Å²) in [6.07, 6.45) is 10.9. The van der Waals surface area contributed by atoms with Gasteiger partial charge in [0.15, 0.2) is 0 Å². The Morgan fingerprint density at radius 1 is 1.09 bits per heavy atom. The number of hydrogen-bond acceptors (Lipinski definition) is 4. The van der Waals surface area contributed by atoms with E-state index in [1.807, 2.05) is 18.5 Å². The van der Waals surface area contributed by atoms with Crippen LogP contribution in [0.3, 0.4) is 0 Å². The van der Waals surface area contributed by atoms with Gasteiger partial charge in [0, 0.05) is 37.1 Å². The number of piperidine rings is 1. The number of aryl methyl sites for hydroxylation is 2. The largest absolute Gasteiger partial charge is 0.295 e. The molecular formula is C19H26N4. The van der Waals surface area contributed by atoms with Crippen LogP contribution in [0.1, 0.15) is 49.8 Å². The Kier molecular flexibility index (Phi) is 5.70. The molecular weight excluding hydrogens is 284 g/mol. The summed E-state index contributed by atoms with van der Waals surface area (Å²) in [6, 6.07) is 8.89. The van der Waals surface area contributed by atoms with Crippen molar-refractivity contribution in [2.24, 2.45) is 0 Å². The van der Waals surface area contributed by atoms with E-state index in [2.05, 4.69) is 45.0 Å². The highest BCUT2D eigenvalue weighted by molar-refractivity contribution is 5.05. The van der Waals surface area contributed by atoms with Crippen LogP contribution in [0, 0.1) is 0 Å². The van der Waals surface area contributed by atoms with Gasteiger partial charge in [0.05, 0.1) is 5.69 Å². The molecule has 4 nitrogen and oxygen atoms in total. The Morgan fingerprint density at radius 3 is 2.87 bits per heavy atom. The smallest absolute Gasteiger partial charge is 0.128 e. The summed E-state index contributed by atoms with van der Waals surface area (Å²) in [4.78, 5) is 16.0. The zero-order chi connectivity index (χ0) is 15.9. The Labute approximate surface area is 139 Å². The number of aromatic nitrogens is 3. The molecule has 0 saturated carbocycles. The predicted octanol–water partition coefficient (Wildman–Crippen LogP) is 3.42. The first-order valence-corrected chi connectivity index (χ1v) is 8.80. The highest BCUT2D eigenvalue weighted by atomic mass is 15.2. The van der Waals surface area contributed by atoms with E-state index in [1.54, 1.807) is 0 Å². The molecule has 1 saturated heterocycles. The number of pyridine rings is 1. The van der Waals surface area contributed by atoms with E-state index in [0.29, 0.717) is 6.04 Å². The van der Waals surface area contributed by atoms with Gasteiger partial charge < -0.3 is 0 Å². The average molecular weight is 310 g/mol. The van der Waals surface area contributed by atoms with Gasteiger partial charge in [-0.1, -0.05) is 19.4 Å². The lowest BCUT2D eigenvalue weighted by Gasteiger charge is -2.35. The molecule has 23 heavy (non-hydrogen) atoms. The SMILES string of the molecule is CCc1nccc(CN2CCCC[C@H]2CCc2ccccn2)n1. The predicted molar refractivity (Wildman–Crippen MR) is 92.0 cm³/mol. The molecule has 0 radical (unpaired) electrons. The standard InChI is InChI=1S/C19H26N4/c1-2-19-21-13-11-17(22-19)15-23-14-6-4-8-18(23)10-9-16-7-3-5-12-20-16/h3,5,7,11-13,18H,2,4,6,8-10,14-15H2,1H3/t18-/m0/s1. The minimum atomic E-state index is 0.644. The highest BCUT2D eigenvalue weighted by Crippen LogP contribution is 2.22. The molecule has 1 fully saturated rings. The maximum Gasteiger partial charge on any atom is 0.128 e. The summed E-state index contributed by atoms with van der Waals surface area (Å²) in [5, 5.41) is 0. The molecule has 2 aromatic rings. The van der Waals surface area contributed by atoms with Crippen molar-refractivity contribution >= 4 is 0 Å². The van der Waals surface area contributed by atoms with E-state index in [9.17, 15) is 0 Å². The van der Waals surface area contributed by atoms with Crippen LogP contribution < -0.4 is 0 Å². The second-order valence-electron chi connectivity index (χ2n) is 6.30. The molecule has 3 rings (SSSR count). The van der Waals surface area contributed by atoms with Gasteiger partial charge in [-0.05, 0) is 50.4 Å². The van der Waals surface area contributed by atoms with Crippen molar-refractivity contribution in [3.8, 4) is 0 Å². The van der Waals surface area contributed by atoms with Crippen molar-refractivity contribution in [2.45, 2.75) is 58.0 Å². The van der Waals surface area contributed by atoms with Gasteiger partial charge >= 0.3 is 0 Å². The fourth-order valence-electron chi connectivity index (χ4n) is 3.36. The Bertz CT molecular complexity index is 599. The van der Waals surface area contributed by atoms with Crippen LogP contribution in [0.2, 0.25) is 0 Å². The summed E-state index contributed by atoms with van der Waals surface area (Å²) >= 11 is 0. The van der Waals surface area contributed by atoms with Crippen molar-refractivity contribution in [3.05, 3.63) is 53.9 Å². The summed E-state index contributed by atoms with van der Waals surface area (Å²) in [5.74, 6) is 0.949. The van der Waals surface area contributed by atoms with Crippen LogP contribution in [0.25, 0.3) is 0 Å². The summed E-state index contributed by atoms with van der Waals surface area (Å²) in [6.45, 7) is 4.23. The lowest BCUT2D eigenvalue weighted by molar-refractivity contribution is 0.130. The lowest BCUT2D eigenvalue weighted by Crippen LogP contribution is -2.39. The molecule has 0 aliphatic carbocycles. The van der Waals surface area contributed by atoms with Crippen LogP contribution in [0.15, 0.2) is 36.7 Å². The van der Waals surface area contributed by atoms with Gasteiger partial charge in [0.1, 0.15) is 5.82 Å². The van der Waals surface area contributed by atoms with E-state index in [4.69, 9.17) is 0 Å². The maximum atomic E-state index is 4.67. The first-order valence-electron chi connectivity index (χ1n) is 8.80. The number of rotatable bonds is 6. The van der Waals surface area contributed by atoms with Crippen LogP contribution in [-0.2, 0) is 19.4 Å². The van der Waals surface area contributed by atoms with Gasteiger partial charge in [-0.25, -0.2) is 9.97 Å². The highest BCUT2D eigenvalue weighted by Gasteiger charge is 2.22. The molecule has 1 aliphatic heterocycles. The zero-order valence-electron chi connectivity index (χ0n) is 14.0. The first-order chi connectivity index (χ1) is 11.3. The Morgan fingerprint density at radius 2 is 2.04 bits per heavy atom. The van der Waals surface area contributed by atoms with E-state index in [-0.39, 0.29) is 0 Å². The monoisotopic (exact) mass is 310 g/mol. The third-order valence-corrected chi connectivity index (χ3v) is 4.65. The molecule has 0 spiro atoms. The molecule has 0 amide bonds. The molecule has 4 heteroatoms. The Hall–Kier alpha value is -1.81. The number of likely N-dealkylation sites (tertiary alicyclic amines) is 1. The molecule has 0 unspecified atom stereocenters. The van der Waals surface area contributed by atoms with E-state index >= 15 is 0 Å². The van der Waals surface area contributed by atoms with Crippen LogP contribution in [-0.4, -0.2) is 32.4 Å². The molecule has 3 heterocycles. The van der Waals surface area contributed by atoms with E-state index in [1.165, 1.54) is 37.9 Å². The quantitative estimate of drug-likeness (QED) is 0.820. The lowest BCUT2D eigenvalue weighted by atomic mass is 9.97. The average Bonchev–Trinajstić information content (AvgIpc) is 2.62. The topological polar surface area (TPSA) is 41.9 Å². The number of hydrogen-bond donors (Lipinski definition) is 0. The van der Waals surface area contributed by atoms with Crippen molar-refractivity contribution in [3.63, 3.8) is 0 Å². The molecule has 0 N–H and O–H groups in total. The number of nitrogens with zero attached hydrogens (tertiary/aromatic N) is 4. The van der Waals surface area contributed by atoms with Crippen LogP contribution in [0.4, 0.5) is 0 Å². The molecule has 122 valence electrons. The van der Waals surface area contributed by atoms with Gasteiger partial charge in [-0.3, -0.25) is 9.88 Å². The van der Waals surface area contributed by atoms with Crippen molar-refractivity contribution < 1.29 is 0 Å². The molecule has 1 atom stereocenters. The van der Waals surface area contributed by atoms with E-state index < -0.39 is 0 Å². The van der Waals surface area contributed by atoms with E-state index in [0.717, 1.165) is 30.9 Å². The third kappa shape index (κ3) is 4.58. The van der Waals surface area contributed by atoms with Gasteiger partial charge in [0.25, 0.3) is 0 Å². The van der Waals surface area contributed by atoms with Crippen LogP contribution in [0.5, 0.6) is 0 Å². The second-order valence-corrected chi connectivity index (χ2v) is 6.30. The summed E-state index contributed by atoms with van der Waals surface area (Å²) in [5.41, 5.74) is 2.36. The molecule has 2 aromatic heterocycles. The van der Waals surface area contributed by atoms with Gasteiger partial charge in [0.2, 0.25) is 0 Å². The normalized spacial score (nSPS) is 18.9. The minimum Gasteiger partial charge on any atom is -0.295 e. The van der Waals surface area contributed by atoms with Crippen molar-refractivity contribution in [1.29, 1.82) is 0 Å². The summed E-state index contributed by atoms with van der Waals surface area (Å²) < 4.78 is 0. The zero-order valence-corrected chi connectivity index (χ0v) is 14.0. The second kappa shape index (κ2) is 8.16. The van der Waals surface area contributed by atoms with Crippen molar-refractivity contribution in [2.75, 3.05) is 6.54 Å². The van der Waals surface area contributed by atoms with Gasteiger partial charge in [-0.2, -0.15) is 0 Å². The maximum absolute atomic E-state index is 4.67. The first kappa shape index (κ1) is 16.1.